The van der Waals surface area contributed by atoms with Gasteiger partial charge in [0.05, 0.1) is 10.5 Å². The van der Waals surface area contributed by atoms with E-state index in [2.05, 4.69) is 0 Å². The summed E-state index contributed by atoms with van der Waals surface area (Å²) in [5.74, 6) is -0.189. The largest absolute Gasteiger partial charge is 0.378 e. The van der Waals surface area contributed by atoms with E-state index in [1.165, 1.54) is 36.4 Å². The molecular formula is C13H9NO6S. The van der Waals surface area contributed by atoms with Gasteiger partial charge in [-0.15, -0.1) is 0 Å². The van der Waals surface area contributed by atoms with Crippen LogP contribution in [-0.2, 0) is 10.1 Å². The molecule has 0 aliphatic heterocycles. The van der Waals surface area contributed by atoms with Gasteiger partial charge in [0.25, 0.3) is 5.69 Å². The lowest BCUT2D eigenvalue weighted by molar-refractivity contribution is -0.387. The summed E-state index contributed by atoms with van der Waals surface area (Å²) >= 11 is 0. The molecule has 0 amide bonds. The van der Waals surface area contributed by atoms with Crippen LogP contribution in [0.15, 0.2) is 53.4 Å². The third-order valence-electron chi connectivity index (χ3n) is 2.58. The second kappa shape index (κ2) is 5.71. The maximum absolute atomic E-state index is 12.2. The smallest absolute Gasteiger partial charge is 0.346 e. The highest BCUT2D eigenvalue weighted by Crippen LogP contribution is 2.27. The molecule has 2 rings (SSSR count). The second-order valence-electron chi connectivity index (χ2n) is 3.92. The van der Waals surface area contributed by atoms with Crippen molar-refractivity contribution in [3.05, 3.63) is 64.2 Å². The van der Waals surface area contributed by atoms with Gasteiger partial charge in [-0.1, -0.05) is 24.3 Å². The van der Waals surface area contributed by atoms with Crippen molar-refractivity contribution in [2.75, 3.05) is 0 Å². The molecule has 2 aromatic carbocycles. The lowest BCUT2D eigenvalue weighted by Gasteiger charge is -2.08. The van der Waals surface area contributed by atoms with Crippen LogP contribution in [0, 0.1) is 10.1 Å². The van der Waals surface area contributed by atoms with Crippen molar-refractivity contribution in [2.24, 2.45) is 0 Å². The van der Waals surface area contributed by atoms with Gasteiger partial charge in [-0.3, -0.25) is 14.9 Å². The van der Waals surface area contributed by atoms with Gasteiger partial charge >= 0.3 is 10.1 Å². The van der Waals surface area contributed by atoms with Crippen LogP contribution >= 0.6 is 0 Å². The molecule has 21 heavy (non-hydrogen) atoms. The Bertz CT molecular complexity index is 800. The molecule has 0 saturated heterocycles. The van der Waals surface area contributed by atoms with E-state index in [-0.39, 0.29) is 11.3 Å². The monoisotopic (exact) mass is 307 g/mol. The highest BCUT2D eigenvalue weighted by molar-refractivity contribution is 7.87. The van der Waals surface area contributed by atoms with Gasteiger partial charge in [0.1, 0.15) is 0 Å². The zero-order chi connectivity index (χ0) is 15.5. The Hall–Kier alpha value is -2.74. The predicted molar refractivity (Wildman–Crippen MR) is 72.7 cm³/mol. The van der Waals surface area contributed by atoms with Gasteiger partial charge in [-0.25, -0.2) is 0 Å². The number of para-hydroxylation sites is 2. The summed E-state index contributed by atoms with van der Waals surface area (Å²) in [6.45, 7) is 0. The Labute approximate surface area is 120 Å². The SMILES string of the molecule is O=Cc1ccccc1OS(=O)(=O)c1ccccc1[N+](=O)[O-]. The third-order valence-corrected chi connectivity index (χ3v) is 3.86. The Morgan fingerprint density at radius 1 is 1.05 bits per heavy atom. The van der Waals surface area contributed by atoms with Crippen LogP contribution in [0.5, 0.6) is 5.75 Å². The summed E-state index contributed by atoms with van der Waals surface area (Å²) in [7, 11) is -4.42. The number of aldehydes is 1. The van der Waals surface area contributed by atoms with Gasteiger partial charge < -0.3 is 4.18 Å². The number of rotatable bonds is 5. The highest BCUT2D eigenvalue weighted by atomic mass is 32.2. The molecule has 0 fully saturated rings. The number of nitro groups is 1. The van der Waals surface area contributed by atoms with E-state index < -0.39 is 25.6 Å². The summed E-state index contributed by atoms with van der Waals surface area (Å²) in [5, 5.41) is 10.9. The zero-order valence-corrected chi connectivity index (χ0v) is 11.3. The molecule has 0 aromatic heterocycles. The van der Waals surface area contributed by atoms with Crippen molar-refractivity contribution >= 4 is 22.1 Å². The standard InChI is InChI=1S/C13H9NO6S/c15-9-10-5-1-3-7-12(10)20-21(18,19)13-8-4-2-6-11(13)14(16)17/h1-9H. The Morgan fingerprint density at radius 3 is 2.33 bits per heavy atom. The summed E-state index contributed by atoms with van der Waals surface area (Å²) in [6, 6.07) is 10.5. The highest BCUT2D eigenvalue weighted by Gasteiger charge is 2.27. The number of hydrogen-bond acceptors (Lipinski definition) is 6. The summed E-state index contributed by atoms with van der Waals surface area (Å²) in [4.78, 5) is 20.3. The molecular weight excluding hydrogens is 298 g/mol. The number of carbonyl (C=O) groups excluding carboxylic acids is 1. The lowest BCUT2D eigenvalue weighted by Crippen LogP contribution is -2.12. The number of hydrogen-bond donors (Lipinski definition) is 0. The number of benzene rings is 2. The van der Waals surface area contributed by atoms with Gasteiger partial charge in [-0.05, 0) is 18.2 Å². The molecule has 7 nitrogen and oxygen atoms in total. The minimum absolute atomic E-state index is 0.0275. The average Bonchev–Trinajstić information content (AvgIpc) is 2.47. The van der Waals surface area contributed by atoms with Crippen molar-refractivity contribution in [3.8, 4) is 5.75 Å². The van der Waals surface area contributed by atoms with Crippen LogP contribution in [0.2, 0.25) is 0 Å². The van der Waals surface area contributed by atoms with E-state index in [0.717, 1.165) is 12.1 Å². The fourth-order valence-electron chi connectivity index (χ4n) is 1.64. The second-order valence-corrected chi connectivity index (χ2v) is 5.43. The predicted octanol–water partition coefficient (Wildman–Crippen LogP) is 2.18. The molecule has 0 atom stereocenters. The number of nitrogens with zero attached hydrogens (tertiary/aromatic N) is 1. The van der Waals surface area contributed by atoms with Crippen molar-refractivity contribution in [3.63, 3.8) is 0 Å². The van der Waals surface area contributed by atoms with Gasteiger partial charge in [0.2, 0.25) is 0 Å². The van der Waals surface area contributed by atoms with E-state index in [1.807, 2.05) is 0 Å². The molecule has 0 unspecified atom stereocenters. The Morgan fingerprint density at radius 2 is 1.67 bits per heavy atom. The van der Waals surface area contributed by atoms with Gasteiger partial charge in [0, 0.05) is 6.07 Å². The molecule has 108 valence electrons. The lowest BCUT2D eigenvalue weighted by atomic mass is 10.2. The molecule has 2 aromatic rings. The topological polar surface area (TPSA) is 104 Å². The van der Waals surface area contributed by atoms with Crippen molar-refractivity contribution in [2.45, 2.75) is 4.90 Å². The Balaban J connectivity index is 2.49. The fraction of sp³-hybridized carbons (Fsp3) is 0. The molecule has 0 aliphatic carbocycles. The van der Waals surface area contributed by atoms with Crippen LogP contribution in [0.25, 0.3) is 0 Å². The first kappa shape index (κ1) is 14.7. The zero-order valence-electron chi connectivity index (χ0n) is 10.5. The van der Waals surface area contributed by atoms with Crippen LogP contribution in [0.4, 0.5) is 5.69 Å². The van der Waals surface area contributed by atoms with Crippen LogP contribution < -0.4 is 4.18 Å². The Kier molecular flexibility index (Phi) is 3.99. The number of carbonyl (C=O) groups is 1. The molecule has 0 radical (unpaired) electrons. The molecule has 0 bridgehead atoms. The van der Waals surface area contributed by atoms with E-state index in [1.54, 1.807) is 0 Å². The summed E-state index contributed by atoms with van der Waals surface area (Å²) in [6.07, 6.45) is 0.435. The third kappa shape index (κ3) is 3.06. The first-order chi connectivity index (χ1) is 9.95. The van der Waals surface area contributed by atoms with Gasteiger partial charge in [-0.2, -0.15) is 8.42 Å². The van der Waals surface area contributed by atoms with E-state index in [0.29, 0.717) is 6.29 Å². The first-order valence-electron chi connectivity index (χ1n) is 5.68. The molecule has 0 aliphatic rings. The van der Waals surface area contributed by atoms with E-state index >= 15 is 0 Å². The molecule has 0 N–H and O–H groups in total. The maximum Gasteiger partial charge on any atom is 0.346 e. The van der Waals surface area contributed by atoms with Crippen LogP contribution in [0.1, 0.15) is 10.4 Å². The first-order valence-corrected chi connectivity index (χ1v) is 7.08. The van der Waals surface area contributed by atoms with Crippen molar-refractivity contribution in [1.29, 1.82) is 0 Å². The maximum atomic E-state index is 12.2. The van der Waals surface area contributed by atoms with Crippen molar-refractivity contribution in [1.82, 2.24) is 0 Å². The normalized spacial score (nSPS) is 10.9. The van der Waals surface area contributed by atoms with Crippen LogP contribution in [-0.4, -0.2) is 19.6 Å². The molecule has 0 saturated carbocycles. The van der Waals surface area contributed by atoms with E-state index in [9.17, 15) is 23.3 Å². The molecule has 0 heterocycles. The minimum Gasteiger partial charge on any atom is -0.378 e. The average molecular weight is 307 g/mol. The minimum atomic E-state index is -4.42. The van der Waals surface area contributed by atoms with E-state index in [4.69, 9.17) is 4.18 Å². The summed E-state index contributed by atoms with van der Waals surface area (Å²) in [5.41, 5.74) is -0.569. The molecule has 8 heteroatoms. The van der Waals surface area contributed by atoms with Crippen LogP contribution in [0.3, 0.4) is 0 Å². The number of nitro benzene ring substituents is 1. The fourth-order valence-corrected chi connectivity index (χ4v) is 2.76. The van der Waals surface area contributed by atoms with Crippen molar-refractivity contribution < 1.29 is 22.3 Å². The van der Waals surface area contributed by atoms with Gasteiger partial charge in [0.15, 0.2) is 16.9 Å². The molecule has 0 spiro atoms. The quantitative estimate of drug-likeness (QED) is 0.363. The summed E-state index contributed by atoms with van der Waals surface area (Å²) < 4.78 is 29.1.